The van der Waals surface area contributed by atoms with Crippen LogP contribution in [0.15, 0.2) is 53.0 Å². The largest absolute Gasteiger partial charge is 0.452 e. The maximum Gasteiger partial charge on any atom is 0.338 e. The van der Waals surface area contributed by atoms with Crippen molar-refractivity contribution in [2.45, 2.75) is 6.92 Å². The lowest BCUT2D eigenvalue weighted by Crippen LogP contribution is -2.20. The molecule has 0 aliphatic rings. The Balaban J connectivity index is 1.86. The highest BCUT2D eigenvalue weighted by molar-refractivity contribution is 9.10. The zero-order valence-electron chi connectivity index (χ0n) is 11.4. The van der Waals surface area contributed by atoms with Gasteiger partial charge in [-0.1, -0.05) is 28.1 Å². The first-order valence-corrected chi connectivity index (χ1v) is 7.13. The number of benzene rings is 2. The van der Waals surface area contributed by atoms with Crippen molar-refractivity contribution in [1.29, 1.82) is 0 Å². The van der Waals surface area contributed by atoms with Gasteiger partial charge in [-0.15, -0.1) is 0 Å². The molecular formula is C16H14BrNO3. The first-order valence-electron chi connectivity index (χ1n) is 6.34. The molecule has 0 radical (unpaired) electrons. The molecule has 0 fully saturated rings. The van der Waals surface area contributed by atoms with E-state index in [-0.39, 0.29) is 12.5 Å². The van der Waals surface area contributed by atoms with E-state index in [9.17, 15) is 9.59 Å². The highest BCUT2D eigenvalue weighted by Gasteiger charge is 2.10. The summed E-state index contributed by atoms with van der Waals surface area (Å²) in [6.07, 6.45) is 0. The molecule has 0 saturated carbocycles. The topological polar surface area (TPSA) is 55.4 Å². The Hall–Kier alpha value is -2.14. The number of carbonyl (C=O) groups excluding carboxylic acids is 2. The molecule has 0 heterocycles. The molecule has 21 heavy (non-hydrogen) atoms. The van der Waals surface area contributed by atoms with Gasteiger partial charge in [0.2, 0.25) is 0 Å². The van der Waals surface area contributed by atoms with E-state index < -0.39 is 5.97 Å². The highest BCUT2D eigenvalue weighted by Crippen LogP contribution is 2.12. The monoisotopic (exact) mass is 347 g/mol. The van der Waals surface area contributed by atoms with Crippen molar-refractivity contribution in [1.82, 2.24) is 0 Å². The number of aryl methyl sites for hydroxylation is 1. The van der Waals surface area contributed by atoms with E-state index in [1.54, 1.807) is 30.3 Å². The predicted molar refractivity (Wildman–Crippen MR) is 84.2 cm³/mol. The predicted octanol–water partition coefficient (Wildman–Crippen LogP) is 3.55. The maximum absolute atomic E-state index is 11.7. The molecule has 2 aromatic rings. The highest BCUT2D eigenvalue weighted by atomic mass is 79.9. The first-order chi connectivity index (χ1) is 10.0. The van der Waals surface area contributed by atoms with Gasteiger partial charge >= 0.3 is 5.97 Å². The van der Waals surface area contributed by atoms with Crippen molar-refractivity contribution in [3.8, 4) is 0 Å². The molecule has 0 bridgehead atoms. The second kappa shape index (κ2) is 7.04. The van der Waals surface area contributed by atoms with Gasteiger partial charge in [0.05, 0.1) is 5.56 Å². The summed E-state index contributed by atoms with van der Waals surface area (Å²) < 4.78 is 5.84. The van der Waals surface area contributed by atoms with Crippen LogP contribution in [0.25, 0.3) is 0 Å². The Morgan fingerprint density at radius 2 is 1.86 bits per heavy atom. The van der Waals surface area contributed by atoms with E-state index in [2.05, 4.69) is 21.2 Å². The van der Waals surface area contributed by atoms with Crippen molar-refractivity contribution in [3.63, 3.8) is 0 Å². The first kappa shape index (κ1) is 15.3. The summed E-state index contributed by atoms with van der Waals surface area (Å²) in [7, 11) is 0. The number of halogens is 1. The van der Waals surface area contributed by atoms with Gasteiger partial charge in [0, 0.05) is 10.2 Å². The summed E-state index contributed by atoms with van der Waals surface area (Å²) >= 11 is 3.28. The fourth-order valence-electron chi connectivity index (χ4n) is 1.72. The van der Waals surface area contributed by atoms with Gasteiger partial charge in [-0.25, -0.2) is 4.79 Å². The molecule has 0 saturated heterocycles. The Labute approximate surface area is 131 Å². The second-order valence-electron chi connectivity index (χ2n) is 4.50. The van der Waals surface area contributed by atoms with Crippen molar-refractivity contribution < 1.29 is 14.3 Å². The Morgan fingerprint density at radius 3 is 2.52 bits per heavy atom. The third kappa shape index (κ3) is 4.72. The van der Waals surface area contributed by atoms with E-state index in [1.165, 1.54) is 0 Å². The molecule has 0 aliphatic carbocycles. The van der Waals surface area contributed by atoms with Crippen LogP contribution < -0.4 is 5.32 Å². The zero-order chi connectivity index (χ0) is 15.2. The number of carbonyl (C=O) groups is 2. The third-order valence-electron chi connectivity index (χ3n) is 2.72. The van der Waals surface area contributed by atoms with Gasteiger partial charge in [0.25, 0.3) is 5.91 Å². The van der Waals surface area contributed by atoms with E-state index in [4.69, 9.17) is 4.74 Å². The molecule has 2 rings (SSSR count). The standard InChI is InChI=1S/C16H14BrNO3/c1-11-3-2-4-14(9-11)18-15(19)10-21-16(20)12-5-7-13(17)8-6-12/h2-9H,10H2,1H3,(H,18,19). The number of ether oxygens (including phenoxy) is 1. The summed E-state index contributed by atoms with van der Waals surface area (Å²) in [6.45, 7) is 1.62. The summed E-state index contributed by atoms with van der Waals surface area (Å²) in [5.74, 6) is -0.895. The SMILES string of the molecule is Cc1cccc(NC(=O)COC(=O)c2ccc(Br)cc2)c1. The van der Waals surface area contributed by atoms with E-state index >= 15 is 0 Å². The average molecular weight is 348 g/mol. The molecule has 108 valence electrons. The molecule has 0 unspecified atom stereocenters. The van der Waals surface area contributed by atoms with E-state index in [0.717, 1.165) is 10.0 Å². The van der Waals surface area contributed by atoms with Gasteiger partial charge in [-0.3, -0.25) is 4.79 Å². The van der Waals surface area contributed by atoms with Crippen LogP contribution in [0.4, 0.5) is 5.69 Å². The van der Waals surface area contributed by atoms with Crippen molar-refractivity contribution in [2.24, 2.45) is 0 Å². The lowest BCUT2D eigenvalue weighted by atomic mass is 10.2. The van der Waals surface area contributed by atoms with Crippen LogP contribution in [-0.2, 0) is 9.53 Å². The van der Waals surface area contributed by atoms with Gasteiger partial charge in [0.1, 0.15) is 0 Å². The van der Waals surface area contributed by atoms with E-state index in [1.807, 2.05) is 25.1 Å². The van der Waals surface area contributed by atoms with Gasteiger partial charge in [-0.2, -0.15) is 0 Å². The smallest absolute Gasteiger partial charge is 0.338 e. The average Bonchev–Trinajstić information content (AvgIpc) is 2.45. The van der Waals surface area contributed by atoms with Crippen LogP contribution in [0.5, 0.6) is 0 Å². The summed E-state index contributed by atoms with van der Waals surface area (Å²) in [6, 6.07) is 14.1. The minimum absolute atomic E-state index is 0.317. The van der Waals surface area contributed by atoms with Crippen molar-refractivity contribution in [2.75, 3.05) is 11.9 Å². The van der Waals surface area contributed by atoms with E-state index in [0.29, 0.717) is 11.3 Å². The molecule has 0 aliphatic heterocycles. The Kier molecular flexibility index (Phi) is 5.11. The van der Waals surface area contributed by atoms with Crippen LogP contribution in [0.2, 0.25) is 0 Å². The van der Waals surface area contributed by atoms with Gasteiger partial charge in [-0.05, 0) is 48.9 Å². The maximum atomic E-state index is 11.7. The van der Waals surface area contributed by atoms with Crippen molar-refractivity contribution in [3.05, 3.63) is 64.1 Å². The molecule has 1 N–H and O–H groups in total. The Bertz CT molecular complexity index is 653. The van der Waals surface area contributed by atoms with Crippen LogP contribution >= 0.6 is 15.9 Å². The number of anilines is 1. The minimum atomic E-state index is -0.526. The van der Waals surface area contributed by atoms with Gasteiger partial charge < -0.3 is 10.1 Å². The molecule has 4 nitrogen and oxygen atoms in total. The molecular weight excluding hydrogens is 334 g/mol. The van der Waals surface area contributed by atoms with Crippen LogP contribution in [-0.4, -0.2) is 18.5 Å². The number of esters is 1. The molecule has 0 spiro atoms. The second-order valence-corrected chi connectivity index (χ2v) is 5.42. The number of amides is 1. The lowest BCUT2D eigenvalue weighted by Gasteiger charge is -2.07. The molecule has 5 heteroatoms. The third-order valence-corrected chi connectivity index (χ3v) is 3.24. The summed E-state index contributed by atoms with van der Waals surface area (Å²) in [5, 5.41) is 2.68. The lowest BCUT2D eigenvalue weighted by molar-refractivity contribution is -0.119. The number of hydrogen-bond acceptors (Lipinski definition) is 3. The molecule has 0 aromatic heterocycles. The minimum Gasteiger partial charge on any atom is -0.452 e. The number of rotatable bonds is 4. The molecule has 1 amide bonds. The van der Waals surface area contributed by atoms with Crippen LogP contribution in [0.1, 0.15) is 15.9 Å². The Morgan fingerprint density at radius 1 is 1.14 bits per heavy atom. The van der Waals surface area contributed by atoms with Crippen LogP contribution in [0, 0.1) is 6.92 Å². The number of hydrogen-bond donors (Lipinski definition) is 1. The normalized spacial score (nSPS) is 10.0. The van der Waals surface area contributed by atoms with Crippen molar-refractivity contribution >= 4 is 33.5 Å². The van der Waals surface area contributed by atoms with Crippen LogP contribution in [0.3, 0.4) is 0 Å². The fraction of sp³-hybridized carbons (Fsp3) is 0.125. The fourth-order valence-corrected chi connectivity index (χ4v) is 1.98. The number of nitrogens with one attached hydrogen (secondary N) is 1. The summed E-state index contributed by atoms with van der Waals surface area (Å²) in [4.78, 5) is 23.5. The molecule has 2 aromatic carbocycles. The zero-order valence-corrected chi connectivity index (χ0v) is 13.0. The summed E-state index contributed by atoms with van der Waals surface area (Å²) in [5.41, 5.74) is 2.13. The van der Waals surface area contributed by atoms with Gasteiger partial charge in [0.15, 0.2) is 6.61 Å². The molecule has 0 atom stereocenters. The quantitative estimate of drug-likeness (QED) is 0.860.